The Balaban J connectivity index is 1.38. The molecule has 0 aliphatic carbocycles. The number of hydrogen-bond acceptors (Lipinski definition) is 8. The number of carbonyl (C=O) groups is 1. The zero-order valence-electron chi connectivity index (χ0n) is 25.2. The van der Waals surface area contributed by atoms with Gasteiger partial charge in [0.05, 0.1) is 36.5 Å². The summed E-state index contributed by atoms with van der Waals surface area (Å²) < 4.78 is 40.5. The molecule has 0 bridgehead atoms. The van der Waals surface area contributed by atoms with Crippen LogP contribution in [-0.4, -0.2) is 104 Å². The first-order chi connectivity index (χ1) is 21.7. The maximum atomic E-state index is 14.6. The van der Waals surface area contributed by atoms with E-state index < -0.39 is 23.6 Å². The van der Waals surface area contributed by atoms with E-state index in [1.54, 1.807) is 6.07 Å². The number of halogens is 3. The lowest BCUT2D eigenvalue weighted by atomic mass is 10.0. The van der Waals surface area contributed by atoms with Gasteiger partial charge in [0.2, 0.25) is 6.54 Å². The quantitative estimate of drug-likeness (QED) is 0.283. The minimum atomic E-state index is -1.05. The molecule has 2 fully saturated rings. The van der Waals surface area contributed by atoms with Gasteiger partial charge in [0.25, 0.3) is 5.91 Å². The molecule has 10 nitrogen and oxygen atoms in total. The number of ether oxygens (including phenoxy) is 2. The zero-order valence-corrected chi connectivity index (χ0v) is 25.9. The van der Waals surface area contributed by atoms with Crippen molar-refractivity contribution >= 4 is 39.8 Å². The highest BCUT2D eigenvalue weighted by Gasteiger charge is 2.37. The highest BCUT2D eigenvalue weighted by atomic mass is 35.5. The molecule has 2 aromatic carbocycles. The number of benzene rings is 2. The normalized spacial score (nSPS) is 21.6. The summed E-state index contributed by atoms with van der Waals surface area (Å²) in [6, 6.07) is 8.52. The maximum Gasteiger partial charge on any atom is 0.319 e. The van der Waals surface area contributed by atoms with Crippen LogP contribution in [0, 0.1) is 12.4 Å². The Labute approximate surface area is 265 Å². The third-order valence-electron chi connectivity index (χ3n) is 8.77. The number of fused-ring (bicyclic) bond motifs is 2. The Morgan fingerprint density at radius 1 is 1.20 bits per heavy atom. The van der Waals surface area contributed by atoms with Gasteiger partial charge in [-0.2, -0.15) is 9.97 Å². The number of likely N-dealkylation sites (N-methyl/N-ethyl adjacent to an activating group) is 1. The molecule has 0 radical (unpaired) electrons. The predicted octanol–water partition coefficient (Wildman–Crippen LogP) is 4.11. The number of rotatable bonds is 7. The van der Waals surface area contributed by atoms with E-state index in [0.717, 1.165) is 22.3 Å². The number of anilines is 2. The molecule has 2 saturated heterocycles. The Morgan fingerprint density at radius 3 is 2.78 bits per heavy atom. The van der Waals surface area contributed by atoms with Gasteiger partial charge in [-0.3, -0.25) is 4.79 Å². The second kappa shape index (κ2) is 12.7. The molecule has 13 heteroatoms. The van der Waals surface area contributed by atoms with E-state index in [9.17, 15) is 13.6 Å². The van der Waals surface area contributed by atoms with E-state index in [1.807, 2.05) is 42.1 Å². The van der Waals surface area contributed by atoms with Crippen LogP contribution in [0.5, 0.6) is 6.01 Å². The van der Waals surface area contributed by atoms with Gasteiger partial charge >= 0.3 is 6.01 Å². The molecule has 0 saturated carbocycles. The lowest BCUT2D eigenvalue weighted by molar-refractivity contribution is -0.131. The molecule has 3 aliphatic rings. The number of piperazine rings is 1. The average molecular weight is 638 g/mol. The van der Waals surface area contributed by atoms with Crippen LogP contribution in [0.2, 0.25) is 5.02 Å². The van der Waals surface area contributed by atoms with Gasteiger partial charge in [0, 0.05) is 42.8 Å². The zero-order chi connectivity index (χ0) is 31.8. The molecule has 0 spiro atoms. The Bertz CT molecular complexity index is 1680. The van der Waals surface area contributed by atoms with Crippen molar-refractivity contribution in [2.75, 3.05) is 69.8 Å². The van der Waals surface area contributed by atoms with Crippen LogP contribution in [0.1, 0.15) is 11.3 Å². The standard InChI is InChI=1S/C32H34ClF2N7O3/c1-19(34)31(43)42-13-12-41(15-21(42)14-36-2)30-22-10-11-40(25-7-5-6-20-8-9-23(35)29(33)28(20)25)16-24(22)37-32(38-30)45-27-18-44-17-26(27)39(3)4/h5-9,21,26-27H,1,10-18H2,3-4H3/t21?,26-,27-/m1/s1. The summed E-state index contributed by atoms with van der Waals surface area (Å²) in [6.07, 6.45) is 0.292. The third kappa shape index (κ3) is 6.00. The van der Waals surface area contributed by atoms with E-state index in [1.165, 1.54) is 11.0 Å². The SMILES string of the molecule is [C-]#[N+]CC1CN(c2nc(O[C@@H]3COC[C@H]3N(C)C)nc3c2CCN(c2cccc4ccc(F)c(Cl)c24)C3)CCN1C(=O)C(=C)F. The fraction of sp³-hybridized carbons (Fsp3) is 0.438. The van der Waals surface area contributed by atoms with E-state index in [4.69, 9.17) is 37.6 Å². The fourth-order valence-electron chi connectivity index (χ4n) is 6.45. The summed E-state index contributed by atoms with van der Waals surface area (Å²) >= 11 is 6.48. The first kappa shape index (κ1) is 31.0. The van der Waals surface area contributed by atoms with Crippen molar-refractivity contribution in [3.63, 3.8) is 0 Å². The Kier molecular flexibility index (Phi) is 8.77. The van der Waals surface area contributed by atoms with E-state index in [2.05, 4.69) is 16.3 Å². The molecule has 0 N–H and O–H groups in total. The van der Waals surface area contributed by atoms with Crippen LogP contribution >= 0.6 is 11.6 Å². The van der Waals surface area contributed by atoms with Gasteiger partial charge in [0.15, 0.2) is 5.83 Å². The molecule has 3 atom stereocenters. The minimum absolute atomic E-state index is 0.0161. The second-order valence-corrected chi connectivity index (χ2v) is 12.1. The van der Waals surface area contributed by atoms with Crippen molar-refractivity contribution in [2.24, 2.45) is 0 Å². The first-order valence-electron chi connectivity index (χ1n) is 14.8. The van der Waals surface area contributed by atoms with Crippen molar-refractivity contribution in [3.05, 3.63) is 76.3 Å². The van der Waals surface area contributed by atoms with Crippen LogP contribution in [0.25, 0.3) is 15.6 Å². The second-order valence-electron chi connectivity index (χ2n) is 11.7. The van der Waals surface area contributed by atoms with Crippen LogP contribution in [0.3, 0.4) is 0 Å². The summed E-state index contributed by atoms with van der Waals surface area (Å²) in [4.78, 5) is 33.4. The molecule has 1 amide bonds. The minimum Gasteiger partial charge on any atom is -0.456 e. The van der Waals surface area contributed by atoms with E-state index in [0.29, 0.717) is 57.0 Å². The molecule has 4 heterocycles. The monoisotopic (exact) mass is 637 g/mol. The number of aromatic nitrogens is 2. The topological polar surface area (TPSA) is 78.6 Å². The lowest BCUT2D eigenvalue weighted by Crippen LogP contribution is -2.57. The molecule has 3 aliphatic heterocycles. The van der Waals surface area contributed by atoms with Gasteiger partial charge in [-0.15, -0.1) is 0 Å². The van der Waals surface area contributed by atoms with Gasteiger partial charge < -0.3 is 33.9 Å². The smallest absolute Gasteiger partial charge is 0.319 e. The van der Waals surface area contributed by atoms with Crippen LogP contribution in [-0.2, 0) is 22.5 Å². The van der Waals surface area contributed by atoms with Crippen molar-refractivity contribution < 1.29 is 23.0 Å². The molecule has 3 aromatic rings. The molecule has 1 aromatic heterocycles. The van der Waals surface area contributed by atoms with Crippen LogP contribution in [0.15, 0.2) is 42.7 Å². The summed E-state index contributed by atoms with van der Waals surface area (Å²) in [5, 5.41) is 1.55. The third-order valence-corrected chi connectivity index (χ3v) is 9.14. The predicted molar refractivity (Wildman–Crippen MR) is 168 cm³/mol. The molecule has 45 heavy (non-hydrogen) atoms. The lowest BCUT2D eigenvalue weighted by Gasteiger charge is -2.41. The number of carbonyl (C=O) groups excluding carboxylic acids is 1. The fourth-order valence-corrected chi connectivity index (χ4v) is 6.72. The van der Waals surface area contributed by atoms with Crippen molar-refractivity contribution in [3.8, 4) is 6.01 Å². The summed E-state index contributed by atoms with van der Waals surface area (Å²) in [5.74, 6) is -1.66. The van der Waals surface area contributed by atoms with Crippen molar-refractivity contribution in [1.29, 1.82) is 0 Å². The summed E-state index contributed by atoms with van der Waals surface area (Å²) in [6.45, 7) is 13.4. The molecular weight excluding hydrogens is 604 g/mol. The highest BCUT2D eigenvalue weighted by molar-refractivity contribution is 6.36. The van der Waals surface area contributed by atoms with Crippen LogP contribution < -0.4 is 14.5 Å². The largest absolute Gasteiger partial charge is 0.456 e. The van der Waals surface area contributed by atoms with E-state index in [-0.39, 0.29) is 36.3 Å². The van der Waals surface area contributed by atoms with Gasteiger partial charge in [-0.05, 0) is 38.0 Å². The maximum absolute atomic E-state index is 14.6. The van der Waals surface area contributed by atoms with Gasteiger partial charge in [-0.1, -0.05) is 36.4 Å². The molecule has 236 valence electrons. The van der Waals surface area contributed by atoms with Gasteiger partial charge in [0.1, 0.15) is 23.8 Å². The Morgan fingerprint density at radius 2 is 2.02 bits per heavy atom. The van der Waals surface area contributed by atoms with E-state index >= 15 is 0 Å². The molecule has 6 rings (SSSR count). The average Bonchev–Trinajstić information content (AvgIpc) is 3.50. The van der Waals surface area contributed by atoms with Crippen molar-refractivity contribution in [2.45, 2.75) is 31.2 Å². The van der Waals surface area contributed by atoms with Crippen molar-refractivity contribution in [1.82, 2.24) is 19.8 Å². The Hall–Kier alpha value is -4.05. The summed E-state index contributed by atoms with van der Waals surface area (Å²) in [7, 11) is 3.93. The van der Waals surface area contributed by atoms with Crippen LogP contribution in [0.4, 0.5) is 20.3 Å². The number of nitrogens with zero attached hydrogens (tertiary/aromatic N) is 7. The molecule has 1 unspecified atom stereocenters. The summed E-state index contributed by atoms with van der Waals surface area (Å²) in [5.41, 5.74) is 2.49. The van der Waals surface area contributed by atoms with Gasteiger partial charge in [-0.25, -0.2) is 15.4 Å². The number of hydrogen-bond donors (Lipinski definition) is 0. The molecular formula is C32H34ClF2N7O3. The highest BCUT2D eigenvalue weighted by Crippen LogP contribution is 2.38. The first-order valence-corrected chi connectivity index (χ1v) is 15.2. The number of amides is 1.